The quantitative estimate of drug-likeness (QED) is 0.0182. The van der Waals surface area contributed by atoms with Gasteiger partial charge in [-0.05, 0) is 125 Å². The topological polar surface area (TPSA) is 266 Å². The van der Waals surface area contributed by atoms with Crippen LogP contribution in [0.4, 0.5) is 5.69 Å². The lowest BCUT2D eigenvalue weighted by Gasteiger charge is -2.53. The Kier molecular flexibility index (Phi) is 26.1. The number of rotatable bonds is 19. The number of nitrogens with zero attached hydrogens (tertiary/aromatic N) is 1. The number of esters is 3. The van der Waals surface area contributed by atoms with Crippen LogP contribution >= 0.6 is 0 Å². The monoisotopic (exact) mass is 1640 g/mol. The van der Waals surface area contributed by atoms with Crippen LogP contribution < -0.4 is 20.7 Å². The molecule has 8 aliphatic rings. The van der Waals surface area contributed by atoms with Crippen LogP contribution in [0.5, 0.6) is 0 Å². The number of nitro benzene ring substituents is 1. The van der Waals surface area contributed by atoms with Crippen molar-refractivity contribution in [1.82, 2.24) is 0 Å². The summed E-state index contributed by atoms with van der Waals surface area (Å²) < 4.78 is 124. The number of ketones is 1. The molecule has 620 valence electrons. The molecule has 0 spiro atoms. The summed E-state index contributed by atoms with van der Waals surface area (Å²) in [7, 11) is -10.4. The van der Waals surface area contributed by atoms with Crippen molar-refractivity contribution in [3.8, 4) is 0 Å². The highest BCUT2D eigenvalue weighted by Gasteiger charge is 2.66. The first-order valence-corrected chi connectivity index (χ1v) is 46.6. The highest BCUT2D eigenvalue weighted by molar-refractivity contribution is 7.92. The van der Waals surface area contributed by atoms with Crippen molar-refractivity contribution < 1.29 is 93.5 Å². The molecule has 7 saturated heterocycles. The minimum absolute atomic E-state index is 0.0164. The van der Waals surface area contributed by atoms with Gasteiger partial charge in [-0.15, -0.1) is 0 Å². The van der Waals surface area contributed by atoms with E-state index in [-0.39, 0.29) is 61.5 Å². The van der Waals surface area contributed by atoms with E-state index in [2.05, 4.69) is 96.7 Å². The van der Waals surface area contributed by atoms with Gasteiger partial charge in [0.1, 0.15) is 61.2 Å². The number of fused-ring (bicyclic) bond motifs is 8. The van der Waals surface area contributed by atoms with Gasteiger partial charge in [0.25, 0.3) is 22.3 Å². The predicted molar refractivity (Wildman–Crippen MR) is 440 cm³/mol. The van der Waals surface area contributed by atoms with Gasteiger partial charge in [-0.3, -0.25) is 19.7 Å². The van der Waals surface area contributed by atoms with Gasteiger partial charge < -0.3 is 61.0 Å². The largest absolute Gasteiger partial charge is 0.459 e. The number of Topliss-reactive ketones (excluding diaryl/α,β-unsaturated/α-hetero) is 1. The molecule has 8 heterocycles. The third kappa shape index (κ3) is 17.5. The molecule has 0 radical (unpaired) electrons. The van der Waals surface area contributed by atoms with Crippen molar-refractivity contribution >= 4 is 76.6 Å². The molecule has 20 atom stereocenters. The molecular formula is C91H111NO21SSi2. The maximum atomic E-state index is 16.5. The molecule has 22 nitrogen and oxygen atoms in total. The van der Waals surface area contributed by atoms with E-state index in [4.69, 9.17) is 61.0 Å². The molecule has 14 rings (SSSR count). The van der Waals surface area contributed by atoms with Crippen LogP contribution in [0.3, 0.4) is 0 Å². The molecule has 0 aliphatic carbocycles. The van der Waals surface area contributed by atoms with Gasteiger partial charge in [0.15, 0.2) is 15.6 Å². The second kappa shape index (κ2) is 35.7. The van der Waals surface area contributed by atoms with Crippen molar-refractivity contribution in [2.75, 3.05) is 20.3 Å². The molecule has 116 heavy (non-hydrogen) atoms. The minimum atomic E-state index is -4.48. The molecule has 6 aromatic carbocycles. The van der Waals surface area contributed by atoms with Crippen LogP contribution in [-0.4, -0.2) is 189 Å². The van der Waals surface area contributed by atoms with E-state index >= 15 is 18.0 Å². The standard InChI is InChI=1S/C91H111NO21SSi2/c1-12-28-72-75(110-89(96)59-39-41-60(42-40-59)92(97)98)53-78-82(107-72)58(4)83-77(106-78)52-74-69(54-102-81(95)55-101-11)56(2)47-61(103-74)43-45-71-57(3)48-63(104-71)49-79(114(99,100)64-29-18-13-19-30-64)70(93)51-76-85(112-115(90(5,6)7,65-31-20-14-21-32-65)66-33-22-15-23-34-66)86-87(109-76)88(84-73(108-86)46-44-62(105-84)50-80(94)111-83)113-116(91(8,9)10,67-35-24-16-25-36-67)68-37-26-17-27-38-68/h13-27,29-42,58,61-63,71-79,82-88H,3,12,28,43-55H2,1-2,4-11H3/t58-,61-,62?,63?,71-,72+,73-,74?,75+,76+,77-,78-,79?,82-,83+,84-,85-,86-,87+,88-/m0/s1. The van der Waals surface area contributed by atoms with Gasteiger partial charge in [-0.25, -0.2) is 18.0 Å². The Bertz CT molecular complexity index is 4510. The van der Waals surface area contributed by atoms with Gasteiger partial charge in [-0.2, -0.15) is 0 Å². The molecule has 6 aromatic rings. The van der Waals surface area contributed by atoms with E-state index in [1.165, 1.54) is 43.5 Å². The van der Waals surface area contributed by atoms with Gasteiger partial charge in [0, 0.05) is 44.4 Å². The zero-order valence-corrected chi connectivity index (χ0v) is 70.8. The second-order valence-electron chi connectivity index (χ2n) is 34.7. The molecule has 0 N–H and O–H groups in total. The van der Waals surface area contributed by atoms with E-state index in [0.717, 1.165) is 31.9 Å². The predicted octanol–water partition coefficient (Wildman–Crippen LogP) is 12.5. The molecule has 25 heteroatoms. The summed E-state index contributed by atoms with van der Waals surface area (Å²) in [5.41, 5.74) is 2.28. The lowest BCUT2D eigenvalue weighted by atomic mass is 9.80. The van der Waals surface area contributed by atoms with Crippen LogP contribution in [0.15, 0.2) is 204 Å². The van der Waals surface area contributed by atoms with Gasteiger partial charge in [-0.1, -0.05) is 213 Å². The number of hydrogen-bond acceptors (Lipinski definition) is 21. The third-order valence-corrected chi connectivity index (χ3v) is 37.3. The number of methoxy groups -OCH3 is 1. The van der Waals surface area contributed by atoms with Crippen molar-refractivity contribution in [1.29, 1.82) is 0 Å². The van der Waals surface area contributed by atoms with Gasteiger partial charge in [0.2, 0.25) is 0 Å². The fourth-order valence-corrected chi connectivity index (χ4v) is 30.7. The number of ether oxygens (including phenoxy) is 11. The number of benzene rings is 6. The SMILES string of the molecule is C=C1CC2CC(S(=O)(=O)c3ccccc3)C(=O)C[C@H]3O[C@H]4[C@@H](O[Si](c5ccccc5)(c5ccccc5)C(C)(C)C)[C@H]5OC(CC[C@@H]5O[C@H]4[C@H]3O[Si](c3ccccc3)(c3ccccc3)C(C)(C)C)CC(=O)O[C@@H]3[C@@H](C)[C@@H]4O[C@H](CCC)[C@H](OC(=O)c5ccc([N+](=O)[O-])cc5)C[C@@H]4O[C@H]3CC3O[C@@H](CC[C@@H]1O2)CC(C)=C3COC(=O)COC. The molecule has 0 saturated carbocycles. The fourth-order valence-electron chi connectivity index (χ4n) is 19.5. The Labute approximate surface area is 683 Å². The zero-order chi connectivity index (χ0) is 82.0. The van der Waals surface area contributed by atoms with Crippen LogP contribution in [0.1, 0.15) is 156 Å². The molecule has 4 unspecified atom stereocenters. The zero-order valence-electron chi connectivity index (χ0n) is 68.0. The number of sulfone groups is 1. The summed E-state index contributed by atoms with van der Waals surface area (Å²) in [4.78, 5) is 70.5. The Morgan fingerprint density at radius 3 is 1.67 bits per heavy atom. The summed E-state index contributed by atoms with van der Waals surface area (Å²) in [6, 6.07) is 54.3. The average molecular weight is 1640 g/mol. The maximum Gasteiger partial charge on any atom is 0.338 e. The Morgan fingerprint density at radius 1 is 0.569 bits per heavy atom. The lowest BCUT2D eigenvalue weighted by Crippen LogP contribution is -2.73. The summed E-state index contributed by atoms with van der Waals surface area (Å²) in [5.74, 6) is -2.99. The first-order valence-electron chi connectivity index (χ1n) is 41.2. The van der Waals surface area contributed by atoms with Gasteiger partial charge >= 0.3 is 17.9 Å². The van der Waals surface area contributed by atoms with E-state index < -0.39 is 193 Å². The molecule has 0 aromatic heterocycles. The lowest BCUT2D eigenvalue weighted by molar-refractivity contribution is -0.384. The van der Waals surface area contributed by atoms with Crippen LogP contribution in [0.25, 0.3) is 0 Å². The second-order valence-corrected chi connectivity index (χ2v) is 45.4. The highest BCUT2D eigenvalue weighted by atomic mass is 32.2. The summed E-state index contributed by atoms with van der Waals surface area (Å²) in [6.07, 6.45) is -12.1. The van der Waals surface area contributed by atoms with Crippen LogP contribution in [0, 0.1) is 16.0 Å². The molecule has 8 bridgehead atoms. The van der Waals surface area contributed by atoms with Crippen LogP contribution in [-0.2, 0) is 85.2 Å². The number of hydrogen-bond donors (Lipinski definition) is 0. The molecular weight excluding hydrogens is 1530 g/mol. The summed E-state index contributed by atoms with van der Waals surface area (Å²) >= 11 is 0. The Morgan fingerprint density at radius 2 is 1.10 bits per heavy atom. The van der Waals surface area contributed by atoms with E-state index in [0.29, 0.717) is 50.5 Å². The van der Waals surface area contributed by atoms with Gasteiger partial charge in [0.05, 0.1) is 88.9 Å². The van der Waals surface area contributed by atoms with Crippen LogP contribution in [0.2, 0.25) is 10.1 Å². The number of nitro groups is 1. The molecule has 0 amide bonds. The number of carbonyl (C=O) groups is 4. The first kappa shape index (κ1) is 84.7. The maximum absolute atomic E-state index is 16.5. The first-order chi connectivity index (χ1) is 55.6. The smallest absolute Gasteiger partial charge is 0.338 e. The van der Waals surface area contributed by atoms with Crippen molar-refractivity contribution in [3.05, 3.63) is 215 Å². The Balaban J connectivity index is 0.894. The minimum Gasteiger partial charge on any atom is -0.459 e. The van der Waals surface area contributed by atoms with Crippen molar-refractivity contribution in [2.24, 2.45) is 5.92 Å². The summed E-state index contributed by atoms with van der Waals surface area (Å²) in [6.45, 7) is 23.2. The number of carbonyl (C=O) groups excluding carboxylic acids is 4. The van der Waals surface area contributed by atoms with E-state index in [1.54, 1.807) is 18.2 Å². The fraction of sp³-hybridized carbons (Fsp3) is 0.516. The Hall–Kier alpha value is -7.74. The third-order valence-electron chi connectivity index (χ3n) is 25.1. The van der Waals surface area contributed by atoms with Crippen molar-refractivity contribution in [3.63, 3.8) is 0 Å². The highest BCUT2D eigenvalue weighted by Crippen LogP contribution is 2.50. The summed E-state index contributed by atoms with van der Waals surface area (Å²) in [5, 5.41) is 12.7. The van der Waals surface area contributed by atoms with E-state index in [9.17, 15) is 19.7 Å². The molecule has 7 fully saturated rings. The molecule has 8 aliphatic heterocycles. The van der Waals surface area contributed by atoms with Crippen molar-refractivity contribution in [2.45, 2.75) is 276 Å². The normalized spacial score (nSPS) is 30.9. The number of non-ortho nitro benzene ring substituents is 1. The average Bonchev–Trinajstić information content (AvgIpc) is 1.47. The van der Waals surface area contributed by atoms with E-state index in [1.807, 2.05) is 93.6 Å².